The van der Waals surface area contributed by atoms with E-state index in [1.807, 2.05) is 30.5 Å². The molecule has 0 bridgehead atoms. The van der Waals surface area contributed by atoms with Crippen LogP contribution in [-0.2, 0) is 4.74 Å². The molecule has 1 aromatic carbocycles. The zero-order chi connectivity index (χ0) is 17.4. The number of hydrogen-bond acceptors (Lipinski definition) is 5. The van der Waals surface area contributed by atoms with Gasteiger partial charge in [-0.25, -0.2) is 14.5 Å². The number of esters is 1. The first-order valence-corrected chi connectivity index (χ1v) is 7.13. The van der Waals surface area contributed by atoms with E-state index >= 15 is 0 Å². The zero-order valence-corrected chi connectivity index (χ0v) is 13.9. The highest BCUT2D eigenvalue weighted by Crippen LogP contribution is 2.25. The molecule has 0 saturated carbocycles. The van der Waals surface area contributed by atoms with E-state index < -0.39 is 17.8 Å². The van der Waals surface area contributed by atoms with Crippen LogP contribution in [0.25, 0.3) is 0 Å². The van der Waals surface area contributed by atoms with Gasteiger partial charge in [-0.05, 0) is 25.2 Å². The number of carbonyl (C=O) groups is 2. The van der Waals surface area contributed by atoms with Crippen LogP contribution in [0.3, 0.4) is 0 Å². The molecule has 1 aromatic rings. The minimum atomic E-state index is -1.21. The van der Waals surface area contributed by atoms with Gasteiger partial charge >= 0.3 is 17.8 Å². The summed E-state index contributed by atoms with van der Waals surface area (Å²) in [6.45, 7) is 4.38. The van der Waals surface area contributed by atoms with E-state index in [2.05, 4.69) is 0 Å². The van der Waals surface area contributed by atoms with Crippen LogP contribution in [0.2, 0.25) is 0 Å². The second-order valence-corrected chi connectivity index (χ2v) is 5.69. The molecule has 1 heterocycles. The molecule has 124 valence electrons. The molecule has 7 heteroatoms. The van der Waals surface area contributed by atoms with Crippen LogP contribution in [0.1, 0.15) is 34.6 Å². The third-order valence-electron chi connectivity index (χ3n) is 4.33. The molecule has 0 fully saturated rings. The number of carboxylic acid groups (broad SMARTS) is 1. The predicted molar refractivity (Wildman–Crippen MR) is 83.3 cm³/mol. The number of carbonyl (C=O) groups excluding carboxylic acids is 1. The van der Waals surface area contributed by atoms with Crippen molar-refractivity contribution in [2.75, 3.05) is 27.7 Å². The first-order valence-electron chi connectivity index (χ1n) is 7.13. The molecule has 2 rings (SSSR count). The predicted octanol–water partition coefficient (Wildman–Crippen LogP) is 1.27. The summed E-state index contributed by atoms with van der Waals surface area (Å²) in [7, 11) is 5.10. The summed E-state index contributed by atoms with van der Waals surface area (Å²) in [5, 5.41) is 9.32. The van der Waals surface area contributed by atoms with Crippen LogP contribution in [0, 0.1) is 0 Å². The normalized spacial score (nSPS) is 21.4. The molecule has 1 aliphatic heterocycles. The largest absolute Gasteiger partial charge is 0.497 e. The van der Waals surface area contributed by atoms with Crippen LogP contribution in [0.5, 0.6) is 5.75 Å². The van der Waals surface area contributed by atoms with Crippen LogP contribution in [0.15, 0.2) is 18.2 Å². The van der Waals surface area contributed by atoms with Crippen molar-refractivity contribution in [3.63, 3.8) is 0 Å². The Balaban J connectivity index is 2.37. The van der Waals surface area contributed by atoms with Crippen molar-refractivity contribution >= 4 is 17.7 Å². The van der Waals surface area contributed by atoms with Crippen LogP contribution in [-0.4, -0.2) is 65.8 Å². The summed E-state index contributed by atoms with van der Waals surface area (Å²) >= 11 is 0. The van der Waals surface area contributed by atoms with Gasteiger partial charge in [-0.15, -0.1) is 0 Å². The maximum Gasteiger partial charge on any atom is 0.371 e. The lowest BCUT2D eigenvalue weighted by molar-refractivity contribution is -0.644. The van der Waals surface area contributed by atoms with Crippen LogP contribution in [0.4, 0.5) is 0 Å². The van der Waals surface area contributed by atoms with Gasteiger partial charge in [-0.1, -0.05) is 0 Å². The van der Waals surface area contributed by atoms with Gasteiger partial charge in [-0.2, -0.15) is 4.58 Å². The molecular formula is C16H21N2O5+. The van der Waals surface area contributed by atoms with Crippen molar-refractivity contribution in [1.82, 2.24) is 4.90 Å². The number of hydrogen-bond donors (Lipinski definition) is 1. The van der Waals surface area contributed by atoms with Crippen molar-refractivity contribution in [1.29, 1.82) is 0 Å². The lowest BCUT2D eigenvalue weighted by Crippen LogP contribution is -2.50. The Bertz CT molecular complexity index is 698. The number of nitrogens with zero attached hydrogens (tertiary/aromatic N) is 2. The summed E-state index contributed by atoms with van der Waals surface area (Å²) in [5.74, 6) is -2.50. The van der Waals surface area contributed by atoms with Crippen molar-refractivity contribution < 1.29 is 28.7 Å². The SMILES string of the molecule is COc1ccc(C(=O)OC2(C)N(C)CC(C)=[N+]2C)c(C(=O)O)c1. The maximum absolute atomic E-state index is 12.5. The van der Waals surface area contributed by atoms with Gasteiger partial charge in [-0.3, -0.25) is 0 Å². The standard InChI is InChI=1S/C16H20N2O5/c1-10-9-17(3)16(2,18(10)4)23-15(21)12-7-6-11(22-5)8-13(12)14(19)20/h6-8H,9H2,1-5H3/p+1. The fourth-order valence-corrected chi connectivity index (χ4v) is 2.59. The highest BCUT2D eigenvalue weighted by Gasteiger charge is 2.49. The summed E-state index contributed by atoms with van der Waals surface area (Å²) in [6, 6.07) is 4.24. The number of benzene rings is 1. The van der Waals surface area contributed by atoms with Crippen LogP contribution >= 0.6 is 0 Å². The Morgan fingerprint density at radius 1 is 1.35 bits per heavy atom. The minimum Gasteiger partial charge on any atom is -0.497 e. The molecule has 23 heavy (non-hydrogen) atoms. The van der Waals surface area contributed by atoms with Gasteiger partial charge in [0.05, 0.1) is 31.7 Å². The number of aromatic carboxylic acids is 1. The van der Waals surface area contributed by atoms with Crippen LogP contribution < -0.4 is 4.74 Å². The van der Waals surface area contributed by atoms with E-state index in [-0.39, 0.29) is 11.1 Å². The van der Waals surface area contributed by atoms with Gasteiger partial charge in [0.2, 0.25) is 0 Å². The Kier molecular flexibility index (Phi) is 4.42. The Morgan fingerprint density at radius 3 is 2.48 bits per heavy atom. The van der Waals surface area contributed by atoms with Crippen molar-refractivity contribution in [3.8, 4) is 5.75 Å². The fraction of sp³-hybridized carbons (Fsp3) is 0.438. The van der Waals surface area contributed by atoms with Crippen molar-refractivity contribution in [2.24, 2.45) is 0 Å². The van der Waals surface area contributed by atoms with E-state index in [1.165, 1.54) is 25.3 Å². The summed E-state index contributed by atoms with van der Waals surface area (Å²) in [5.41, 5.74) is 0.892. The third kappa shape index (κ3) is 2.92. The highest BCUT2D eigenvalue weighted by atomic mass is 16.6. The van der Waals surface area contributed by atoms with E-state index in [4.69, 9.17) is 9.47 Å². The van der Waals surface area contributed by atoms with E-state index in [9.17, 15) is 14.7 Å². The number of ether oxygens (including phenoxy) is 2. The van der Waals surface area contributed by atoms with E-state index in [0.29, 0.717) is 12.3 Å². The Hall–Kier alpha value is -2.41. The molecule has 1 N–H and O–H groups in total. The van der Waals surface area contributed by atoms with Gasteiger partial charge in [0.1, 0.15) is 12.8 Å². The molecule has 0 aromatic heterocycles. The number of rotatable bonds is 4. The van der Waals surface area contributed by atoms with Gasteiger partial charge < -0.3 is 14.6 Å². The molecule has 1 aliphatic rings. The van der Waals surface area contributed by atoms with Crippen molar-refractivity contribution in [2.45, 2.75) is 19.7 Å². The molecule has 0 saturated heterocycles. The Labute approximate surface area is 134 Å². The summed E-state index contributed by atoms with van der Waals surface area (Å²) in [4.78, 5) is 25.8. The average Bonchev–Trinajstić information content (AvgIpc) is 2.70. The zero-order valence-electron chi connectivity index (χ0n) is 13.9. The molecule has 0 radical (unpaired) electrons. The van der Waals surface area contributed by atoms with E-state index in [1.54, 1.807) is 6.92 Å². The minimum absolute atomic E-state index is 0.00845. The first kappa shape index (κ1) is 17.0. The lowest BCUT2D eigenvalue weighted by atomic mass is 10.1. The van der Waals surface area contributed by atoms with Crippen molar-refractivity contribution in [3.05, 3.63) is 29.3 Å². The average molecular weight is 321 g/mol. The molecule has 7 nitrogen and oxygen atoms in total. The monoisotopic (exact) mass is 321 g/mol. The third-order valence-corrected chi connectivity index (χ3v) is 4.33. The second-order valence-electron chi connectivity index (χ2n) is 5.69. The molecule has 1 atom stereocenters. The topological polar surface area (TPSA) is 79.1 Å². The quantitative estimate of drug-likeness (QED) is 0.665. The first-order chi connectivity index (χ1) is 10.7. The molecular weight excluding hydrogens is 300 g/mol. The molecule has 1 unspecified atom stereocenters. The molecule has 0 spiro atoms. The molecule has 0 aliphatic carbocycles. The summed E-state index contributed by atoms with van der Waals surface area (Å²) < 4.78 is 12.5. The highest BCUT2D eigenvalue weighted by molar-refractivity contribution is 6.02. The summed E-state index contributed by atoms with van der Waals surface area (Å²) in [6.07, 6.45) is 0. The Morgan fingerprint density at radius 2 is 2.00 bits per heavy atom. The second kappa shape index (κ2) is 6.00. The maximum atomic E-state index is 12.5. The smallest absolute Gasteiger partial charge is 0.371 e. The lowest BCUT2D eigenvalue weighted by Gasteiger charge is -2.27. The number of carboxylic acids is 1. The van der Waals surface area contributed by atoms with Gasteiger partial charge in [0.15, 0.2) is 5.71 Å². The fourth-order valence-electron chi connectivity index (χ4n) is 2.59. The van der Waals surface area contributed by atoms with Gasteiger partial charge in [0.25, 0.3) is 0 Å². The van der Waals surface area contributed by atoms with E-state index in [0.717, 1.165) is 5.71 Å². The van der Waals surface area contributed by atoms with Gasteiger partial charge in [0, 0.05) is 6.92 Å². The molecule has 0 amide bonds. The number of methoxy groups -OCH3 is 1.